The third-order valence-corrected chi connectivity index (χ3v) is 3.73. The lowest BCUT2D eigenvalue weighted by Crippen LogP contribution is -2.23. The molecule has 1 heterocycles. The summed E-state index contributed by atoms with van der Waals surface area (Å²) in [5.74, 6) is 0. The Bertz CT molecular complexity index is 561. The smallest absolute Gasteiger partial charge is 0.0410 e. The molecule has 20 heavy (non-hydrogen) atoms. The highest BCUT2D eigenvalue weighted by molar-refractivity contribution is 9.10. The summed E-state index contributed by atoms with van der Waals surface area (Å²) >= 11 is 3.50. The van der Waals surface area contributed by atoms with Gasteiger partial charge in [-0.05, 0) is 59.9 Å². The van der Waals surface area contributed by atoms with Crippen molar-refractivity contribution < 1.29 is 0 Å². The second-order valence-corrected chi connectivity index (χ2v) is 6.16. The molecule has 2 rings (SSSR count). The monoisotopic (exact) mass is 332 g/mol. The van der Waals surface area contributed by atoms with Crippen LogP contribution in [0.5, 0.6) is 0 Å². The number of benzene rings is 1. The average Bonchev–Trinajstić information content (AvgIpc) is 2.37. The molecular weight excluding hydrogens is 312 g/mol. The van der Waals surface area contributed by atoms with E-state index in [2.05, 4.69) is 71.3 Å². The van der Waals surface area contributed by atoms with Crippen molar-refractivity contribution in [2.24, 2.45) is 0 Å². The first kappa shape index (κ1) is 15.2. The van der Waals surface area contributed by atoms with Gasteiger partial charge in [0.1, 0.15) is 0 Å². The molecule has 0 radical (unpaired) electrons. The summed E-state index contributed by atoms with van der Waals surface area (Å²) in [6.45, 7) is 7.39. The molecule has 0 saturated heterocycles. The van der Waals surface area contributed by atoms with E-state index in [1.54, 1.807) is 0 Å². The van der Waals surface area contributed by atoms with Gasteiger partial charge in [0.15, 0.2) is 0 Å². The van der Waals surface area contributed by atoms with Crippen LogP contribution in [-0.2, 0) is 6.42 Å². The Balaban J connectivity index is 2.25. The van der Waals surface area contributed by atoms with Gasteiger partial charge in [-0.25, -0.2) is 0 Å². The maximum atomic E-state index is 4.28. The zero-order valence-electron chi connectivity index (χ0n) is 12.3. The van der Waals surface area contributed by atoms with Crippen LogP contribution in [0.15, 0.2) is 41.1 Å². The highest BCUT2D eigenvalue weighted by Gasteiger charge is 2.12. The highest BCUT2D eigenvalue weighted by atomic mass is 79.9. The van der Waals surface area contributed by atoms with Crippen LogP contribution in [0.2, 0.25) is 0 Å². The maximum Gasteiger partial charge on any atom is 0.0410 e. The van der Waals surface area contributed by atoms with Crippen LogP contribution in [0.4, 0.5) is 0 Å². The normalized spacial score (nSPS) is 12.4. The molecule has 0 fully saturated rings. The van der Waals surface area contributed by atoms with Crippen LogP contribution in [0.1, 0.15) is 35.2 Å². The standard InChI is InChI=1S/C17H21BrN2/c1-4-20-17(15-9-16(18)11-19-10-15)8-14-6-12(2)5-13(3)7-14/h5-7,9-11,17,20H,4,8H2,1-3H3. The number of likely N-dealkylation sites (N-methyl/N-ethyl adjacent to an activating group) is 1. The lowest BCUT2D eigenvalue weighted by molar-refractivity contribution is 0.547. The van der Waals surface area contributed by atoms with Gasteiger partial charge in [-0.3, -0.25) is 4.98 Å². The van der Waals surface area contributed by atoms with E-state index < -0.39 is 0 Å². The van der Waals surface area contributed by atoms with Crippen molar-refractivity contribution in [3.8, 4) is 0 Å². The zero-order chi connectivity index (χ0) is 14.5. The summed E-state index contributed by atoms with van der Waals surface area (Å²) in [6.07, 6.45) is 4.75. The Hall–Kier alpha value is -1.19. The molecule has 3 heteroatoms. The fraction of sp³-hybridized carbons (Fsp3) is 0.353. The maximum absolute atomic E-state index is 4.28. The van der Waals surface area contributed by atoms with E-state index in [1.165, 1.54) is 22.3 Å². The van der Waals surface area contributed by atoms with Crippen molar-refractivity contribution >= 4 is 15.9 Å². The predicted molar refractivity (Wildman–Crippen MR) is 88.0 cm³/mol. The molecule has 1 unspecified atom stereocenters. The molecular formula is C17H21BrN2. The fourth-order valence-electron chi connectivity index (χ4n) is 2.60. The second-order valence-electron chi connectivity index (χ2n) is 5.25. The number of aromatic nitrogens is 1. The molecule has 0 bridgehead atoms. The van der Waals surface area contributed by atoms with Gasteiger partial charge < -0.3 is 5.32 Å². The Morgan fingerprint density at radius 3 is 2.40 bits per heavy atom. The summed E-state index contributed by atoms with van der Waals surface area (Å²) in [5, 5.41) is 3.55. The Morgan fingerprint density at radius 2 is 1.80 bits per heavy atom. The Kier molecular flexibility index (Phi) is 5.32. The topological polar surface area (TPSA) is 24.9 Å². The Morgan fingerprint density at radius 1 is 1.10 bits per heavy atom. The lowest BCUT2D eigenvalue weighted by atomic mass is 9.97. The van der Waals surface area contributed by atoms with Gasteiger partial charge >= 0.3 is 0 Å². The van der Waals surface area contributed by atoms with Crippen LogP contribution in [-0.4, -0.2) is 11.5 Å². The first-order valence-electron chi connectivity index (χ1n) is 6.99. The summed E-state index contributed by atoms with van der Waals surface area (Å²) in [4.78, 5) is 4.28. The largest absolute Gasteiger partial charge is 0.310 e. The van der Waals surface area contributed by atoms with Gasteiger partial charge in [-0.2, -0.15) is 0 Å². The van der Waals surface area contributed by atoms with Crippen LogP contribution >= 0.6 is 15.9 Å². The van der Waals surface area contributed by atoms with Crippen molar-refractivity contribution in [2.75, 3.05) is 6.54 Å². The minimum Gasteiger partial charge on any atom is -0.310 e. The van der Waals surface area contributed by atoms with Crippen molar-refractivity contribution in [2.45, 2.75) is 33.2 Å². The lowest BCUT2D eigenvalue weighted by Gasteiger charge is -2.19. The molecule has 2 aromatic rings. The number of aryl methyl sites for hydroxylation is 2. The summed E-state index contributed by atoms with van der Waals surface area (Å²) in [7, 11) is 0. The molecule has 0 amide bonds. The van der Waals surface area contributed by atoms with Crippen molar-refractivity contribution in [3.63, 3.8) is 0 Å². The van der Waals surface area contributed by atoms with Crippen LogP contribution < -0.4 is 5.32 Å². The van der Waals surface area contributed by atoms with Crippen molar-refractivity contribution in [1.82, 2.24) is 10.3 Å². The van der Waals surface area contributed by atoms with E-state index in [0.29, 0.717) is 6.04 Å². The number of rotatable bonds is 5. The molecule has 1 aromatic heterocycles. The molecule has 106 valence electrons. The third kappa shape index (κ3) is 4.15. The molecule has 1 atom stereocenters. The average molecular weight is 333 g/mol. The number of halogens is 1. The highest BCUT2D eigenvalue weighted by Crippen LogP contribution is 2.22. The van der Waals surface area contributed by atoms with E-state index in [-0.39, 0.29) is 0 Å². The van der Waals surface area contributed by atoms with Gasteiger partial charge in [0.05, 0.1) is 0 Å². The van der Waals surface area contributed by atoms with Gasteiger partial charge in [0, 0.05) is 22.9 Å². The molecule has 1 aromatic carbocycles. The van der Waals surface area contributed by atoms with Gasteiger partial charge in [-0.1, -0.05) is 36.2 Å². The minimum absolute atomic E-state index is 0.297. The minimum atomic E-state index is 0.297. The van der Waals surface area contributed by atoms with E-state index in [1.807, 2.05) is 12.4 Å². The van der Waals surface area contributed by atoms with Gasteiger partial charge in [-0.15, -0.1) is 0 Å². The van der Waals surface area contributed by atoms with E-state index in [9.17, 15) is 0 Å². The van der Waals surface area contributed by atoms with Crippen molar-refractivity contribution in [3.05, 3.63) is 63.4 Å². The third-order valence-electron chi connectivity index (χ3n) is 3.30. The zero-order valence-corrected chi connectivity index (χ0v) is 13.9. The van der Waals surface area contributed by atoms with Gasteiger partial charge in [0.25, 0.3) is 0 Å². The Labute approximate surface area is 129 Å². The quantitative estimate of drug-likeness (QED) is 0.880. The van der Waals surface area contributed by atoms with E-state index in [4.69, 9.17) is 0 Å². The second kappa shape index (κ2) is 7.00. The SMILES string of the molecule is CCNC(Cc1cc(C)cc(C)c1)c1cncc(Br)c1. The first-order valence-corrected chi connectivity index (χ1v) is 7.78. The van der Waals surface area contributed by atoms with Crippen LogP contribution in [0, 0.1) is 13.8 Å². The van der Waals surface area contributed by atoms with Crippen LogP contribution in [0.25, 0.3) is 0 Å². The summed E-state index contributed by atoms with van der Waals surface area (Å²) < 4.78 is 1.03. The van der Waals surface area contributed by atoms with Gasteiger partial charge in [0.2, 0.25) is 0 Å². The van der Waals surface area contributed by atoms with E-state index >= 15 is 0 Å². The molecule has 0 aliphatic carbocycles. The predicted octanol–water partition coefficient (Wildman–Crippen LogP) is 4.35. The molecule has 1 N–H and O–H groups in total. The van der Waals surface area contributed by atoms with Crippen molar-refractivity contribution in [1.29, 1.82) is 0 Å². The molecule has 0 aliphatic rings. The number of pyridine rings is 1. The van der Waals surface area contributed by atoms with Crippen LogP contribution in [0.3, 0.4) is 0 Å². The molecule has 2 nitrogen and oxygen atoms in total. The fourth-order valence-corrected chi connectivity index (χ4v) is 2.98. The molecule has 0 saturated carbocycles. The summed E-state index contributed by atoms with van der Waals surface area (Å²) in [5.41, 5.74) is 5.24. The number of hydrogen-bond donors (Lipinski definition) is 1. The number of hydrogen-bond acceptors (Lipinski definition) is 2. The summed E-state index contributed by atoms with van der Waals surface area (Å²) in [6, 6.07) is 9.19. The number of nitrogens with one attached hydrogen (secondary N) is 1. The number of nitrogens with zero attached hydrogens (tertiary/aromatic N) is 1. The molecule has 0 spiro atoms. The van der Waals surface area contributed by atoms with E-state index in [0.717, 1.165) is 17.4 Å². The first-order chi connectivity index (χ1) is 9.58. The molecule has 0 aliphatic heterocycles.